The van der Waals surface area contributed by atoms with E-state index in [1.54, 1.807) is 43.1 Å². The highest BCUT2D eigenvalue weighted by Gasteiger charge is 2.42. The number of carboxylic acids is 1. The Morgan fingerprint density at radius 2 is 1.96 bits per heavy atom. The summed E-state index contributed by atoms with van der Waals surface area (Å²) in [6.07, 6.45) is 2.94. The summed E-state index contributed by atoms with van der Waals surface area (Å²) in [4.78, 5) is 38.0. The van der Waals surface area contributed by atoms with E-state index in [0.29, 0.717) is 30.5 Å². The van der Waals surface area contributed by atoms with Crippen LogP contribution in [-0.4, -0.2) is 46.9 Å². The number of hydrogen-bond donors (Lipinski definition) is 2. The molecule has 0 heterocycles. The molecular weight excluding hydrogens is 320 g/mol. The second-order valence-corrected chi connectivity index (χ2v) is 6.91. The lowest BCUT2D eigenvalue weighted by molar-refractivity contribution is -0.145. The summed E-state index contributed by atoms with van der Waals surface area (Å²) in [5.41, 5.74) is 0.0355. The first-order chi connectivity index (χ1) is 11.8. The lowest BCUT2D eigenvalue weighted by Gasteiger charge is -2.39. The van der Waals surface area contributed by atoms with Crippen LogP contribution in [-0.2, 0) is 4.79 Å². The third kappa shape index (κ3) is 4.18. The van der Waals surface area contributed by atoms with Crippen molar-refractivity contribution in [1.82, 2.24) is 10.2 Å². The quantitative estimate of drug-likeness (QED) is 0.858. The first-order valence-corrected chi connectivity index (χ1v) is 8.69. The van der Waals surface area contributed by atoms with Crippen molar-refractivity contribution in [3.8, 4) is 0 Å². The van der Waals surface area contributed by atoms with Crippen LogP contribution in [0.4, 0.5) is 0 Å². The molecule has 0 aliphatic heterocycles. The summed E-state index contributed by atoms with van der Waals surface area (Å²) < 4.78 is 0. The molecule has 25 heavy (non-hydrogen) atoms. The molecule has 1 aromatic carbocycles. The van der Waals surface area contributed by atoms with Crippen molar-refractivity contribution < 1.29 is 19.5 Å². The summed E-state index contributed by atoms with van der Waals surface area (Å²) in [6.45, 7) is 4.25. The predicted octanol–water partition coefficient (Wildman–Crippen LogP) is 2.54. The van der Waals surface area contributed by atoms with Crippen LogP contribution < -0.4 is 5.32 Å². The molecular formula is C19H26N2O4. The Balaban J connectivity index is 2.20. The smallest absolute Gasteiger partial charge is 0.308 e. The highest BCUT2D eigenvalue weighted by atomic mass is 16.4. The minimum atomic E-state index is -0.879. The molecule has 0 radical (unpaired) electrons. The van der Waals surface area contributed by atoms with Crippen LogP contribution in [0.1, 0.15) is 60.2 Å². The number of amides is 2. The van der Waals surface area contributed by atoms with Crippen LogP contribution >= 0.6 is 0 Å². The van der Waals surface area contributed by atoms with Crippen molar-refractivity contribution in [2.24, 2.45) is 5.92 Å². The molecule has 0 bridgehead atoms. The van der Waals surface area contributed by atoms with Gasteiger partial charge in [-0.2, -0.15) is 0 Å². The topological polar surface area (TPSA) is 86.7 Å². The summed E-state index contributed by atoms with van der Waals surface area (Å²) in [6, 6.07) is 6.54. The SMILES string of the molecule is CCN(C)C(=O)c1cccc(C(=O)NC2(C)CCCCC2C(=O)O)c1. The molecule has 0 spiro atoms. The molecule has 6 heteroatoms. The van der Waals surface area contributed by atoms with Gasteiger partial charge in [0.15, 0.2) is 0 Å². The van der Waals surface area contributed by atoms with Gasteiger partial charge < -0.3 is 15.3 Å². The molecule has 2 atom stereocenters. The maximum absolute atomic E-state index is 12.7. The molecule has 1 saturated carbocycles. The number of carbonyl (C=O) groups is 3. The van der Waals surface area contributed by atoms with E-state index in [4.69, 9.17) is 0 Å². The van der Waals surface area contributed by atoms with Crippen molar-refractivity contribution in [3.05, 3.63) is 35.4 Å². The maximum atomic E-state index is 12.7. The first-order valence-electron chi connectivity index (χ1n) is 8.69. The van der Waals surface area contributed by atoms with E-state index in [0.717, 1.165) is 12.8 Å². The van der Waals surface area contributed by atoms with E-state index >= 15 is 0 Å². The van der Waals surface area contributed by atoms with E-state index in [1.165, 1.54) is 0 Å². The van der Waals surface area contributed by atoms with Gasteiger partial charge in [-0.3, -0.25) is 14.4 Å². The molecule has 0 aromatic heterocycles. The van der Waals surface area contributed by atoms with Gasteiger partial charge >= 0.3 is 5.97 Å². The van der Waals surface area contributed by atoms with Gasteiger partial charge in [0.05, 0.1) is 11.5 Å². The average Bonchev–Trinajstić information content (AvgIpc) is 2.60. The zero-order valence-corrected chi connectivity index (χ0v) is 15.0. The number of carbonyl (C=O) groups excluding carboxylic acids is 2. The molecule has 0 saturated heterocycles. The average molecular weight is 346 g/mol. The van der Waals surface area contributed by atoms with E-state index in [-0.39, 0.29) is 11.8 Å². The van der Waals surface area contributed by atoms with Gasteiger partial charge in [-0.15, -0.1) is 0 Å². The summed E-state index contributed by atoms with van der Waals surface area (Å²) in [7, 11) is 1.70. The van der Waals surface area contributed by atoms with Crippen molar-refractivity contribution in [3.63, 3.8) is 0 Å². The molecule has 2 unspecified atom stereocenters. The molecule has 1 aliphatic carbocycles. The van der Waals surface area contributed by atoms with Crippen LogP contribution in [0.5, 0.6) is 0 Å². The van der Waals surface area contributed by atoms with E-state index in [2.05, 4.69) is 5.32 Å². The second-order valence-electron chi connectivity index (χ2n) is 6.91. The van der Waals surface area contributed by atoms with Gasteiger partial charge in [-0.25, -0.2) is 0 Å². The Morgan fingerprint density at radius 1 is 1.28 bits per heavy atom. The maximum Gasteiger partial charge on any atom is 0.308 e. The fourth-order valence-corrected chi connectivity index (χ4v) is 3.37. The minimum Gasteiger partial charge on any atom is -0.481 e. The number of benzene rings is 1. The van der Waals surface area contributed by atoms with Crippen LogP contribution in [0, 0.1) is 5.92 Å². The lowest BCUT2D eigenvalue weighted by atomic mass is 9.73. The molecule has 1 fully saturated rings. The second kappa shape index (κ2) is 7.68. The Morgan fingerprint density at radius 3 is 2.60 bits per heavy atom. The lowest BCUT2D eigenvalue weighted by Crippen LogP contribution is -2.55. The molecule has 6 nitrogen and oxygen atoms in total. The van der Waals surface area contributed by atoms with Crippen LogP contribution in [0.2, 0.25) is 0 Å². The summed E-state index contributed by atoms with van der Waals surface area (Å²) in [5.74, 6) is -1.97. The molecule has 1 aliphatic rings. The standard InChI is InChI=1S/C19H26N2O4/c1-4-21(3)17(23)14-9-7-8-13(12-14)16(22)20-19(2)11-6-5-10-15(19)18(24)25/h7-9,12,15H,4-6,10-11H2,1-3H3,(H,20,22)(H,24,25). The zero-order chi connectivity index (χ0) is 18.6. The van der Waals surface area contributed by atoms with Gasteiger partial charge in [0.25, 0.3) is 11.8 Å². The van der Waals surface area contributed by atoms with Gasteiger partial charge in [0.2, 0.25) is 0 Å². The number of aliphatic carboxylic acids is 1. The van der Waals surface area contributed by atoms with Crippen LogP contribution in [0.25, 0.3) is 0 Å². The first kappa shape index (κ1) is 19.0. The number of rotatable bonds is 5. The third-order valence-electron chi connectivity index (χ3n) is 5.10. The highest BCUT2D eigenvalue weighted by Crippen LogP contribution is 2.34. The fraction of sp³-hybridized carbons (Fsp3) is 0.526. The van der Waals surface area contributed by atoms with E-state index in [9.17, 15) is 19.5 Å². The van der Waals surface area contributed by atoms with Crippen molar-refractivity contribution >= 4 is 17.8 Å². The van der Waals surface area contributed by atoms with Crippen molar-refractivity contribution in [1.29, 1.82) is 0 Å². The Hall–Kier alpha value is -2.37. The summed E-state index contributed by atoms with van der Waals surface area (Å²) >= 11 is 0. The minimum absolute atomic E-state index is 0.149. The normalized spacial score (nSPS) is 22.9. The van der Waals surface area contributed by atoms with Gasteiger partial charge in [0, 0.05) is 24.7 Å². The largest absolute Gasteiger partial charge is 0.481 e. The number of carboxylic acid groups (broad SMARTS) is 1. The van der Waals surface area contributed by atoms with E-state index in [1.807, 2.05) is 6.92 Å². The Bertz CT molecular complexity index is 673. The zero-order valence-electron chi connectivity index (χ0n) is 15.0. The third-order valence-corrected chi connectivity index (χ3v) is 5.10. The van der Waals surface area contributed by atoms with Crippen LogP contribution in [0.3, 0.4) is 0 Å². The molecule has 2 N–H and O–H groups in total. The molecule has 1 aromatic rings. The molecule has 2 amide bonds. The highest BCUT2D eigenvalue weighted by molar-refractivity contribution is 6.00. The predicted molar refractivity (Wildman–Crippen MR) is 94.5 cm³/mol. The monoisotopic (exact) mass is 346 g/mol. The number of nitrogens with zero attached hydrogens (tertiary/aromatic N) is 1. The van der Waals surface area contributed by atoms with Crippen molar-refractivity contribution in [2.75, 3.05) is 13.6 Å². The number of hydrogen-bond acceptors (Lipinski definition) is 3. The van der Waals surface area contributed by atoms with Gasteiger partial charge in [-0.1, -0.05) is 18.9 Å². The Labute approximate surface area is 148 Å². The van der Waals surface area contributed by atoms with Crippen LogP contribution in [0.15, 0.2) is 24.3 Å². The van der Waals surface area contributed by atoms with E-state index < -0.39 is 17.4 Å². The summed E-state index contributed by atoms with van der Waals surface area (Å²) in [5, 5.41) is 12.4. The van der Waals surface area contributed by atoms with Gasteiger partial charge in [0.1, 0.15) is 0 Å². The van der Waals surface area contributed by atoms with Crippen molar-refractivity contribution in [2.45, 2.75) is 45.1 Å². The Kier molecular flexibility index (Phi) is 5.82. The molecule has 2 rings (SSSR count). The molecule has 136 valence electrons. The van der Waals surface area contributed by atoms with Gasteiger partial charge in [-0.05, 0) is 44.9 Å². The fourth-order valence-electron chi connectivity index (χ4n) is 3.37. The number of nitrogens with one attached hydrogen (secondary N) is 1.